The van der Waals surface area contributed by atoms with Crippen molar-refractivity contribution in [1.82, 2.24) is 5.32 Å². The number of carboxylic acid groups (broad SMARTS) is 1. The number of aliphatic hydroxyl groups excluding tert-OH is 1. The van der Waals surface area contributed by atoms with Gasteiger partial charge in [0.15, 0.2) is 0 Å². The summed E-state index contributed by atoms with van der Waals surface area (Å²) in [5.41, 5.74) is 1.55. The fourth-order valence-electron chi connectivity index (χ4n) is 2.15. The van der Waals surface area contributed by atoms with Crippen LogP contribution in [0.2, 0.25) is 0 Å². The number of aryl methyl sites for hydroxylation is 1. The predicted octanol–water partition coefficient (Wildman–Crippen LogP) is 1.12. The highest BCUT2D eigenvalue weighted by molar-refractivity contribution is 5.67. The second kappa shape index (κ2) is 8.61. The third-order valence-corrected chi connectivity index (χ3v) is 3.25. The molecule has 2 atom stereocenters. The number of rotatable bonds is 9. The monoisotopic (exact) mass is 297 g/mol. The number of methoxy groups -OCH3 is 2. The van der Waals surface area contributed by atoms with E-state index in [4.69, 9.17) is 14.6 Å². The minimum atomic E-state index is -0.964. The van der Waals surface area contributed by atoms with Crippen LogP contribution in [0.5, 0.6) is 5.75 Å². The van der Waals surface area contributed by atoms with Gasteiger partial charge in [-0.2, -0.15) is 0 Å². The normalized spacial score (nSPS) is 13.7. The number of nitrogens with one attached hydrogen (secondary N) is 1. The molecule has 0 aliphatic heterocycles. The van der Waals surface area contributed by atoms with E-state index in [0.717, 1.165) is 11.3 Å². The van der Waals surface area contributed by atoms with Crippen LogP contribution < -0.4 is 10.1 Å². The van der Waals surface area contributed by atoms with E-state index >= 15 is 0 Å². The zero-order valence-corrected chi connectivity index (χ0v) is 12.6. The van der Waals surface area contributed by atoms with Crippen LogP contribution in [-0.2, 0) is 9.53 Å². The minimum absolute atomic E-state index is 0.171. The largest absolute Gasteiger partial charge is 0.496 e. The van der Waals surface area contributed by atoms with Gasteiger partial charge in [-0.25, -0.2) is 0 Å². The van der Waals surface area contributed by atoms with E-state index < -0.39 is 18.1 Å². The van der Waals surface area contributed by atoms with Crippen molar-refractivity contribution in [2.45, 2.75) is 25.5 Å². The Morgan fingerprint density at radius 1 is 1.38 bits per heavy atom. The van der Waals surface area contributed by atoms with Crippen LogP contribution in [-0.4, -0.2) is 49.6 Å². The maximum atomic E-state index is 10.9. The lowest BCUT2D eigenvalue weighted by Crippen LogP contribution is -2.38. The standard InChI is InChI=1S/C15H23NO5/c1-10-8-11(4-5-13(10)21-3)15(19)12(9-14(17)18)16-6-7-20-2/h4-5,8,12,15-16,19H,6-7,9H2,1-3H3,(H,17,18). The first kappa shape index (κ1) is 17.4. The summed E-state index contributed by atoms with van der Waals surface area (Å²) in [6, 6.07) is 4.73. The zero-order chi connectivity index (χ0) is 15.8. The van der Waals surface area contributed by atoms with Gasteiger partial charge in [0.05, 0.1) is 26.2 Å². The van der Waals surface area contributed by atoms with Crippen LogP contribution in [0.4, 0.5) is 0 Å². The molecule has 2 unspecified atom stereocenters. The van der Waals surface area contributed by atoms with E-state index in [0.29, 0.717) is 18.7 Å². The van der Waals surface area contributed by atoms with Crippen molar-refractivity contribution < 1.29 is 24.5 Å². The van der Waals surface area contributed by atoms with Crippen LogP contribution in [0.1, 0.15) is 23.7 Å². The molecule has 0 radical (unpaired) electrons. The van der Waals surface area contributed by atoms with Crippen LogP contribution in [0.15, 0.2) is 18.2 Å². The van der Waals surface area contributed by atoms with Gasteiger partial charge in [-0.15, -0.1) is 0 Å². The molecule has 0 fully saturated rings. The number of hydrogen-bond donors (Lipinski definition) is 3. The second-order valence-corrected chi connectivity index (χ2v) is 4.83. The lowest BCUT2D eigenvalue weighted by molar-refractivity contribution is -0.138. The summed E-state index contributed by atoms with van der Waals surface area (Å²) in [4.78, 5) is 10.9. The summed E-state index contributed by atoms with van der Waals surface area (Å²) in [5.74, 6) is -0.234. The maximum absolute atomic E-state index is 10.9. The van der Waals surface area contributed by atoms with E-state index in [2.05, 4.69) is 5.32 Å². The van der Waals surface area contributed by atoms with Gasteiger partial charge in [-0.05, 0) is 30.2 Å². The molecule has 3 N–H and O–H groups in total. The van der Waals surface area contributed by atoms with Crippen molar-refractivity contribution in [3.8, 4) is 5.75 Å². The topological polar surface area (TPSA) is 88.0 Å². The molecule has 21 heavy (non-hydrogen) atoms. The molecule has 1 rings (SSSR count). The van der Waals surface area contributed by atoms with Gasteiger partial charge in [-0.1, -0.05) is 6.07 Å². The van der Waals surface area contributed by atoms with Crippen molar-refractivity contribution >= 4 is 5.97 Å². The molecule has 118 valence electrons. The Labute approximate surface area is 124 Å². The van der Waals surface area contributed by atoms with Crippen molar-refractivity contribution in [2.24, 2.45) is 0 Å². The molecule has 0 heterocycles. The number of carboxylic acids is 1. The highest BCUT2D eigenvalue weighted by atomic mass is 16.5. The molecular weight excluding hydrogens is 274 g/mol. The van der Waals surface area contributed by atoms with Gasteiger partial charge in [0.2, 0.25) is 0 Å². The Balaban J connectivity index is 2.84. The van der Waals surface area contributed by atoms with E-state index in [-0.39, 0.29) is 6.42 Å². The van der Waals surface area contributed by atoms with E-state index in [1.165, 1.54) is 0 Å². The van der Waals surface area contributed by atoms with E-state index in [1.54, 1.807) is 32.4 Å². The molecule has 0 saturated carbocycles. The molecule has 0 aromatic heterocycles. The van der Waals surface area contributed by atoms with Crippen LogP contribution >= 0.6 is 0 Å². The first-order chi connectivity index (χ1) is 9.99. The summed E-state index contributed by atoms with van der Waals surface area (Å²) in [5, 5.41) is 22.4. The van der Waals surface area contributed by atoms with Crippen molar-refractivity contribution in [3.05, 3.63) is 29.3 Å². The summed E-state index contributed by atoms with van der Waals surface area (Å²) < 4.78 is 10.1. The highest BCUT2D eigenvalue weighted by Gasteiger charge is 2.23. The Morgan fingerprint density at radius 3 is 2.62 bits per heavy atom. The van der Waals surface area contributed by atoms with Crippen LogP contribution in [0.3, 0.4) is 0 Å². The van der Waals surface area contributed by atoms with Gasteiger partial charge in [0.1, 0.15) is 5.75 Å². The average Bonchev–Trinajstić information content (AvgIpc) is 2.45. The van der Waals surface area contributed by atoms with E-state index in [1.807, 2.05) is 6.92 Å². The third kappa shape index (κ3) is 5.34. The van der Waals surface area contributed by atoms with Crippen molar-refractivity contribution in [1.29, 1.82) is 0 Å². The minimum Gasteiger partial charge on any atom is -0.496 e. The summed E-state index contributed by atoms with van der Waals surface area (Å²) in [7, 11) is 3.15. The van der Waals surface area contributed by atoms with Gasteiger partial charge >= 0.3 is 5.97 Å². The SMILES string of the molecule is COCCNC(CC(=O)O)C(O)c1ccc(OC)c(C)c1. The first-order valence-electron chi connectivity index (χ1n) is 6.76. The van der Waals surface area contributed by atoms with Gasteiger partial charge in [-0.3, -0.25) is 4.79 Å². The molecule has 0 aliphatic rings. The molecule has 0 bridgehead atoms. The fraction of sp³-hybridized carbons (Fsp3) is 0.533. The van der Waals surface area contributed by atoms with Gasteiger partial charge in [0.25, 0.3) is 0 Å². The number of aliphatic carboxylic acids is 1. The van der Waals surface area contributed by atoms with Crippen molar-refractivity contribution in [2.75, 3.05) is 27.4 Å². The lowest BCUT2D eigenvalue weighted by Gasteiger charge is -2.23. The molecule has 1 aromatic carbocycles. The first-order valence-corrected chi connectivity index (χ1v) is 6.76. The van der Waals surface area contributed by atoms with E-state index in [9.17, 15) is 9.90 Å². The second-order valence-electron chi connectivity index (χ2n) is 4.83. The predicted molar refractivity (Wildman–Crippen MR) is 78.6 cm³/mol. The maximum Gasteiger partial charge on any atom is 0.305 e. The Hall–Kier alpha value is -1.63. The van der Waals surface area contributed by atoms with Crippen LogP contribution in [0.25, 0.3) is 0 Å². The zero-order valence-electron chi connectivity index (χ0n) is 12.6. The molecule has 0 saturated heterocycles. The number of ether oxygens (including phenoxy) is 2. The number of hydrogen-bond acceptors (Lipinski definition) is 5. The van der Waals surface area contributed by atoms with Crippen LogP contribution in [0, 0.1) is 6.92 Å². The number of aliphatic hydroxyl groups is 1. The molecule has 6 nitrogen and oxygen atoms in total. The van der Waals surface area contributed by atoms with Crippen molar-refractivity contribution in [3.63, 3.8) is 0 Å². The molecule has 6 heteroatoms. The highest BCUT2D eigenvalue weighted by Crippen LogP contribution is 2.25. The average molecular weight is 297 g/mol. The quantitative estimate of drug-likeness (QED) is 0.592. The Morgan fingerprint density at radius 2 is 2.10 bits per heavy atom. The lowest BCUT2D eigenvalue weighted by atomic mass is 9.98. The molecule has 0 amide bonds. The number of carbonyl (C=O) groups is 1. The summed E-state index contributed by atoms with van der Waals surface area (Å²) in [6.07, 6.45) is -1.08. The Bertz CT molecular complexity index is 463. The fourth-order valence-corrected chi connectivity index (χ4v) is 2.15. The Kier molecular flexibility index (Phi) is 7.14. The van der Waals surface area contributed by atoms with Gasteiger partial charge < -0.3 is 25.0 Å². The molecular formula is C15H23NO5. The molecule has 0 aliphatic carbocycles. The smallest absolute Gasteiger partial charge is 0.305 e. The molecule has 0 spiro atoms. The number of benzene rings is 1. The van der Waals surface area contributed by atoms with Gasteiger partial charge in [0, 0.05) is 19.7 Å². The summed E-state index contributed by atoms with van der Waals surface area (Å²) >= 11 is 0. The molecule has 1 aromatic rings. The summed E-state index contributed by atoms with van der Waals surface area (Å²) in [6.45, 7) is 2.80. The third-order valence-electron chi connectivity index (χ3n) is 3.25.